The molecule has 0 spiro atoms. The minimum Gasteiger partial charge on any atom is -0.390 e. The van der Waals surface area contributed by atoms with Crippen LogP contribution in [0.1, 0.15) is 46.0 Å². The van der Waals surface area contributed by atoms with E-state index >= 15 is 0 Å². The summed E-state index contributed by atoms with van der Waals surface area (Å²) in [4.78, 5) is 0. The van der Waals surface area contributed by atoms with Crippen LogP contribution in [0.2, 0.25) is 0 Å². The summed E-state index contributed by atoms with van der Waals surface area (Å²) in [6, 6.07) is 0. The Bertz CT molecular complexity index is 111. The van der Waals surface area contributed by atoms with E-state index < -0.39 is 0 Å². The van der Waals surface area contributed by atoms with Crippen LogP contribution in [0.4, 0.5) is 0 Å². The van der Waals surface area contributed by atoms with E-state index in [1.54, 1.807) is 0 Å². The molecule has 1 saturated carbocycles. The largest absolute Gasteiger partial charge is 0.390 e. The Balaban J connectivity index is 2.45. The van der Waals surface area contributed by atoms with E-state index in [-0.39, 0.29) is 5.60 Å². The molecule has 0 radical (unpaired) electrons. The van der Waals surface area contributed by atoms with Gasteiger partial charge in [-0.15, -0.1) is 0 Å². The van der Waals surface area contributed by atoms with Crippen molar-refractivity contribution in [2.45, 2.75) is 51.6 Å². The highest BCUT2D eigenvalue weighted by atomic mass is 16.3. The summed E-state index contributed by atoms with van der Waals surface area (Å²) in [7, 11) is 0. The van der Waals surface area contributed by atoms with Crippen molar-refractivity contribution in [3.05, 3.63) is 0 Å². The van der Waals surface area contributed by atoms with E-state index in [0.717, 1.165) is 25.2 Å². The fraction of sp³-hybridized carbons (Fsp3) is 1.00. The Labute approximate surface area is 63.4 Å². The van der Waals surface area contributed by atoms with E-state index in [4.69, 9.17) is 0 Å². The molecule has 1 heteroatoms. The molecular weight excluding hydrogens is 124 g/mol. The molecule has 0 heterocycles. The first-order valence-electron chi connectivity index (χ1n) is 4.39. The van der Waals surface area contributed by atoms with Gasteiger partial charge in [-0.05, 0) is 25.2 Å². The lowest BCUT2D eigenvalue weighted by Crippen LogP contribution is -2.33. The third-order valence-corrected chi connectivity index (χ3v) is 2.73. The molecule has 1 fully saturated rings. The third-order valence-electron chi connectivity index (χ3n) is 2.73. The van der Waals surface area contributed by atoms with Crippen LogP contribution in [0.15, 0.2) is 0 Å². The smallest absolute Gasteiger partial charge is 0.0647 e. The molecular formula is C9H18O. The second kappa shape index (κ2) is 2.91. The molecule has 0 aromatic rings. The standard InChI is InChI=1S/C9H18O/c1-3-9(10)6-4-5-8(2)7-9/h8,10H,3-7H2,1-2H3. The van der Waals surface area contributed by atoms with Crippen LogP contribution in [-0.4, -0.2) is 10.7 Å². The van der Waals surface area contributed by atoms with Crippen molar-refractivity contribution in [2.24, 2.45) is 5.92 Å². The molecule has 10 heavy (non-hydrogen) atoms. The van der Waals surface area contributed by atoms with Gasteiger partial charge in [-0.1, -0.05) is 26.7 Å². The maximum absolute atomic E-state index is 9.85. The van der Waals surface area contributed by atoms with Gasteiger partial charge in [0.1, 0.15) is 0 Å². The average Bonchev–Trinajstić information content (AvgIpc) is 1.88. The number of rotatable bonds is 1. The highest BCUT2D eigenvalue weighted by Gasteiger charge is 2.30. The molecule has 1 aliphatic carbocycles. The Morgan fingerprint density at radius 3 is 2.70 bits per heavy atom. The first kappa shape index (κ1) is 8.06. The fourth-order valence-corrected chi connectivity index (χ4v) is 1.95. The molecule has 0 amide bonds. The summed E-state index contributed by atoms with van der Waals surface area (Å²) in [6.07, 6.45) is 5.49. The van der Waals surface area contributed by atoms with Gasteiger partial charge >= 0.3 is 0 Å². The van der Waals surface area contributed by atoms with Crippen LogP contribution in [0.25, 0.3) is 0 Å². The molecule has 60 valence electrons. The second-order valence-corrected chi connectivity index (χ2v) is 3.78. The Morgan fingerprint density at radius 1 is 1.60 bits per heavy atom. The molecule has 0 aliphatic heterocycles. The van der Waals surface area contributed by atoms with Crippen molar-refractivity contribution in [3.8, 4) is 0 Å². The van der Waals surface area contributed by atoms with Crippen LogP contribution < -0.4 is 0 Å². The maximum Gasteiger partial charge on any atom is 0.0647 e. The molecule has 2 atom stereocenters. The van der Waals surface area contributed by atoms with Crippen molar-refractivity contribution >= 4 is 0 Å². The molecule has 1 N–H and O–H groups in total. The van der Waals surface area contributed by atoms with Gasteiger partial charge in [-0.2, -0.15) is 0 Å². The normalized spacial score (nSPS) is 41.7. The van der Waals surface area contributed by atoms with Crippen LogP contribution >= 0.6 is 0 Å². The Kier molecular flexibility index (Phi) is 2.35. The van der Waals surface area contributed by atoms with Gasteiger partial charge in [0, 0.05) is 0 Å². The summed E-state index contributed by atoms with van der Waals surface area (Å²) in [5.74, 6) is 0.735. The van der Waals surface area contributed by atoms with Crippen LogP contribution in [0.3, 0.4) is 0 Å². The summed E-state index contributed by atoms with van der Waals surface area (Å²) in [5, 5.41) is 9.85. The van der Waals surface area contributed by atoms with E-state index in [0.29, 0.717) is 0 Å². The van der Waals surface area contributed by atoms with E-state index in [9.17, 15) is 5.11 Å². The van der Waals surface area contributed by atoms with Crippen LogP contribution in [0, 0.1) is 5.92 Å². The predicted molar refractivity (Wildman–Crippen MR) is 42.9 cm³/mol. The predicted octanol–water partition coefficient (Wildman–Crippen LogP) is 2.34. The minimum absolute atomic E-state index is 0.308. The molecule has 1 rings (SSSR count). The minimum atomic E-state index is -0.308. The van der Waals surface area contributed by atoms with Crippen molar-refractivity contribution in [2.75, 3.05) is 0 Å². The molecule has 0 bridgehead atoms. The molecule has 0 aromatic carbocycles. The molecule has 1 nitrogen and oxygen atoms in total. The second-order valence-electron chi connectivity index (χ2n) is 3.78. The van der Waals surface area contributed by atoms with Gasteiger partial charge in [0.15, 0.2) is 0 Å². The van der Waals surface area contributed by atoms with E-state index in [1.165, 1.54) is 12.8 Å². The zero-order valence-electron chi connectivity index (χ0n) is 7.06. The first-order valence-corrected chi connectivity index (χ1v) is 4.39. The lowest BCUT2D eigenvalue weighted by atomic mass is 9.78. The SMILES string of the molecule is CCC1(O)CCCC(C)C1. The molecule has 2 unspecified atom stereocenters. The van der Waals surface area contributed by atoms with Gasteiger partial charge < -0.3 is 5.11 Å². The maximum atomic E-state index is 9.85. The highest BCUT2D eigenvalue weighted by Crippen LogP contribution is 2.33. The number of hydrogen-bond acceptors (Lipinski definition) is 1. The quantitative estimate of drug-likeness (QED) is 0.595. The van der Waals surface area contributed by atoms with Gasteiger partial charge in [0.05, 0.1) is 5.60 Å². The van der Waals surface area contributed by atoms with Crippen LogP contribution in [0.5, 0.6) is 0 Å². The van der Waals surface area contributed by atoms with Crippen molar-refractivity contribution in [1.82, 2.24) is 0 Å². The van der Waals surface area contributed by atoms with E-state index in [1.807, 2.05) is 0 Å². The third kappa shape index (κ3) is 1.72. The summed E-state index contributed by atoms with van der Waals surface area (Å²) < 4.78 is 0. The molecule has 1 aliphatic rings. The van der Waals surface area contributed by atoms with Gasteiger partial charge in [0.2, 0.25) is 0 Å². The zero-order chi connectivity index (χ0) is 7.61. The Morgan fingerprint density at radius 2 is 2.30 bits per heavy atom. The van der Waals surface area contributed by atoms with Gasteiger partial charge in [-0.3, -0.25) is 0 Å². The summed E-state index contributed by atoms with van der Waals surface area (Å²) in [6.45, 7) is 4.32. The van der Waals surface area contributed by atoms with Crippen LogP contribution in [-0.2, 0) is 0 Å². The lowest BCUT2D eigenvalue weighted by Gasteiger charge is -2.34. The number of hydrogen-bond donors (Lipinski definition) is 1. The molecule has 0 saturated heterocycles. The highest BCUT2D eigenvalue weighted by molar-refractivity contribution is 4.83. The average molecular weight is 142 g/mol. The van der Waals surface area contributed by atoms with Crippen molar-refractivity contribution in [1.29, 1.82) is 0 Å². The Hall–Kier alpha value is -0.0400. The molecule has 0 aromatic heterocycles. The van der Waals surface area contributed by atoms with Crippen molar-refractivity contribution < 1.29 is 5.11 Å². The van der Waals surface area contributed by atoms with Gasteiger partial charge in [-0.25, -0.2) is 0 Å². The summed E-state index contributed by atoms with van der Waals surface area (Å²) in [5.41, 5.74) is -0.308. The summed E-state index contributed by atoms with van der Waals surface area (Å²) >= 11 is 0. The number of aliphatic hydroxyl groups is 1. The van der Waals surface area contributed by atoms with E-state index in [2.05, 4.69) is 13.8 Å². The zero-order valence-corrected chi connectivity index (χ0v) is 7.06. The topological polar surface area (TPSA) is 20.2 Å². The van der Waals surface area contributed by atoms with Crippen molar-refractivity contribution in [3.63, 3.8) is 0 Å². The van der Waals surface area contributed by atoms with Gasteiger partial charge in [0.25, 0.3) is 0 Å². The monoisotopic (exact) mass is 142 g/mol. The fourth-order valence-electron chi connectivity index (χ4n) is 1.95. The lowest BCUT2D eigenvalue weighted by molar-refractivity contribution is -0.0159. The first-order chi connectivity index (χ1) is 4.66.